The number of quaternary nitrogens is 1. The van der Waals surface area contributed by atoms with Crippen molar-refractivity contribution in [3.8, 4) is 0 Å². The molecule has 0 aliphatic carbocycles. The fraction of sp³-hybridized carbons (Fsp3) is 0.886. The number of carbonyl (C=O) groups excluding carboxylic acids is 1. The predicted molar refractivity (Wildman–Crippen MR) is 225 cm³/mol. The van der Waals surface area contributed by atoms with E-state index >= 15 is 0 Å². The quantitative estimate of drug-likeness (QED) is 0.0122. The van der Waals surface area contributed by atoms with E-state index in [1.54, 1.807) is 0 Å². The molecule has 0 saturated carbocycles. The summed E-state index contributed by atoms with van der Waals surface area (Å²) >= 11 is 0. The monoisotopic (exact) mass is 804 g/mol. The largest absolute Gasteiger partial charge is 0.756 e. The Bertz CT molecular complexity index is 956. The van der Waals surface area contributed by atoms with E-state index in [1.807, 2.05) is 39.4 Å². The van der Waals surface area contributed by atoms with Crippen LogP contribution in [-0.4, -0.2) is 82.0 Å². The Balaban J connectivity index is 4.30. The molecule has 0 heterocycles. The van der Waals surface area contributed by atoms with E-state index in [-0.39, 0.29) is 31.9 Å². The maximum absolute atomic E-state index is 12.5. The molecule has 0 aliphatic rings. The van der Waals surface area contributed by atoms with E-state index in [0.29, 0.717) is 24.1 Å². The summed E-state index contributed by atoms with van der Waals surface area (Å²) in [6.07, 6.45) is 38.0. The minimum atomic E-state index is -4.51. The maximum Gasteiger partial charge on any atom is 0.305 e. The first-order valence-electron chi connectivity index (χ1n) is 22.3. The Morgan fingerprint density at radius 2 is 1.20 bits per heavy atom. The van der Waals surface area contributed by atoms with E-state index < -0.39 is 13.9 Å². The van der Waals surface area contributed by atoms with Crippen LogP contribution in [-0.2, 0) is 32.8 Å². The van der Waals surface area contributed by atoms with E-state index in [9.17, 15) is 14.3 Å². The van der Waals surface area contributed by atoms with Gasteiger partial charge in [0, 0.05) is 13.0 Å². The lowest BCUT2D eigenvalue weighted by Gasteiger charge is -2.28. The van der Waals surface area contributed by atoms with Gasteiger partial charge >= 0.3 is 5.97 Å². The molecule has 0 saturated heterocycles. The van der Waals surface area contributed by atoms with Gasteiger partial charge in [-0.1, -0.05) is 173 Å². The van der Waals surface area contributed by atoms with Crippen molar-refractivity contribution in [3.63, 3.8) is 0 Å². The van der Waals surface area contributed by atoms with Crippen LogP contribution in [0.3, 0.4) is 0 Å². The van der Waals surface area contributed by atoms with Crippen molar-refractivity contribution in [2.24, 2.45) is 0 Å². The molecule has 0 rings (SSSR count). The highest BCUT2D eigenvalue weighted by Gasteiger charge is 2.19. The number of allylic oxidation sites excluding steroid dienone is 3. The van der Waals surface area contributed by atoms with E-state index in [4.69, 9.17) is 23.8 Å². The van der Waals surface area contributed by atoms with Gasteiger partial charge < -0.3 is 27.9 Å². The van der Waals surface area contributed by atoms with Gasteiger partial charge in [-0.3, -0.25) is 14.6 Å². The smallest absolute Gasteiger partial charge is 0.305 e. The molecule has 0 spiro atoms. The molecule has 11 heteroatoms. The van der Waals surface area contributed by atoms with Gasteiger partial charge in [0.2, 0.25) is 0 Å². The number of likely N-dealkylation sites (N-methyl/N-ethyl adjacent to an activating group) is 1. The van der Waals surface area contributed by atoms with Crippen molar-refractivity contribution >= 4 is 13.8 Å². The first-order valence-corrected chi connectivity index (χ1v) is 23.8. The summed E-state index contributed by atoms with van der Waals surface area (Å²) in [4.78, 5) is 29.4. The van der Waals surface area contributed by atoms with Crippen LogP contribution in [0, 0.1) is 0 Å². The molecule has 2 unspecified atom stereocenters. The molecule has 0 fully saturated rings. The van der Waals surface area contributed by atoms with Gasteiger partial charge in [-0.25, -0.2) is 4.89 Å². The van der Waals surface area contributed by atoms with Crippen molar-refractivity contribution in [2.45, 2.75) is 199 Å². The Morgan fingerprint density at radius 1 is 0.673 bits per heavy atom. The SMILES string of the molecule is CCCCCCCCCCCCCCCCCC(=O)OC[C@H](COP(=O)([O-])OCC[N+](C)(C)C)OCCCCCCCC/C=C/C=C/C(CCCCC)OO. The molecule has 0 bridgehead atoms. The minimum absolute atomic E-state index is 0.0248. The fourth-order valence-electron chi connectivity index (χ4n) is 6.15. The van der Waals surface area contributed by atoms with Crippen molar-refractivity contribution in [1.29, 1.82) is 0 Å². The number of hydrogen-bond acceptors (Lipinski definition) is 9. The number of phosphoric ester groups is 1. The van der Waals surface area contributed by atoms with Gasteiger partial charge in [-0.15, -0.1) is 0 Å². The van der Waals surface area contributed by atoms with Crippen molar-refractivity contribution in [1.82, 2.24) is 0 Å². The Morgan fingerprint density at radius 3 is 1.76 bits per heavy atom. The van der Waals surface area contributed by atoms with Gasteiger partial charge in [0.05, 0.1) is 27.7 Å². The molecule has 0 aromatic rings. The maximum atomic E-state index is 12.5. The van der Waals surface area contributed by atoms with Crippen LogP contribution in [0.25, 0.3) is 0 Å². The summed E-state index contributed by atoms with van der Waals surface area (Å²) in [6.45, 7) is 5.09. The molecule has 55 heavy (non-hydrogen) atoms. The summed E-state index contributed by atoms with van der Waals surface area (Å²) < 4.78 is 34.6. The lowest BCUT2D eigenvalue weighted by molar-refractivity contribution is -0.870. The third-order valence-electron chi connectivity index (χ3n) is 9.76. The van der Waals surface area contributed by atoms with Crippen LogP contribution in [0.5, 0.6) is 0 Å². The first-order chi connectivity index (χ1) is 26.5. The number of unbranched alkanes of at least 4 members (excludes halogenated alkanes) is 22. The first kappa shape index (κ1) is 53.9. The van der Waals surface area contributed by atoms with E-state index in [2.05, 4.69) is 24.8 Å². The van der Waals surface area contributed by atoms with Gasteiger partial charge in [0.25, 0.3) is 7.82 Å². The van der Waals surface area contributed by atoms with E-state index in [1.165, 1.54) is 77.0 Å². The number of rotatable bonds is 42. The Kier molecular flexibility index (Phi) is 37.7. The molecule has 3 atom stereocenters. The van der Waals surface area contributed by atoms with Crippen LogP contribution in [0.15, 0.2) is 24.3 Å². The molecule has 326 valence electrons. The molecule has 10 nitrogen and oxygen atoms in total. The normalized spacial score (nSPS) is 14.5. The molecule has 0 aromatic heterocycles. The summed E-state index contributed by atoms with van der Waals surface area (Å²) in [7, 11) is 1.35. The standard InChI is InChI=1S/C44H86NO9P/c1-6-8-10-11-12-13-14-15-16-17-18-22-25-28-32-36-44(46)51-40-43(41-53-55(48,49)52-39-37-45(3,4)5)50-38-33-29-26-23-20-19-21-24-27-31-35-42(54-47)34-30-9-7-2/h24,27,31,35,42-43H,6-23,25-26,28-30,32-34,36-41H2,1-5H3,(H-,47,48,49)/b27-24+,35-31+/t42?,43-/m1/s1. The van der Waals surface area contributed by atoms with Crippen LogP contribution in [0.2, 0.25) is 0 Å². The molecule has 0 amide bonds. The molecule has 0 aromatic carbocycles. The third-order valence-corrected chi connectivity index (χ3v) is 10.7. The van der Waals surface area contributed by atoms with Crippen molar-refractivity contribution in [2.75, 3.05) is 54.1 Å². The average molecular weight is 804 g/mol. The highest BCUT2D eigenvalue weighted by atomic mass is 31.2. The van der Waals surface area contributed by atoms with Crippen molar-refractivity contribution < 1.29 is 47.4 Å². The third kappa shape index (κ3) is 40.9. The summed E-state index contributed by atoms with van der Waals surface area (Å²) in [6, 6.07) is 0. The van der Waals surface area contributed by atoms with Crippen LogP contribution >= 0.6 is 7.82 Å². The fourth-order valence-corrected chi connectivity index (χ4v) is 6.87. The lowest BCUT2D eigenvalue weighted by atomic mass is 10.0. The lowest BCUT2D eigenvalue weighted by Crippen LogP contribution is -2.37. The molecular weight excluding hydrogens is 717 g/mol. The second-order valence-corrected chi connectivity index (χ2v) is 17.7. The van der Waals surface area contributed by atoms with Crippen LogP contribution in [0.4, 0.5) is 0 Å². The number of hydrogen-bond donors (Lipinski definition) is 1. The Labute approximate surface area is 338 Å². The van der Waals surface area contributed by atoms with Gasteiger partial charge in [0.15, 0.2) is 0 Å². The zero-order chi connectivity index (χ0) is 40.7. The second-order valence-electron chi connectivity index (χ2n) is 16.3. The van der Waals surface area contributed by atoms with Gasteiger partial charge in [-0.2, -0.15) is 0 Å². The average Bonchev–Trinajstić information content (AvgIpc) is 3.14. The second kappa shape index (κ2) is 38.4. The number of nitrogens with zero attached hydrogens (tertiary/aromatic N) is 1. The number of carbonyl (C=O) groups is 1. The summed E-state index contributed by atoms with van der Waals surface area (Å²) in [5, 5.41) is 9.03. The molecular formula is C44H86NO9P. The highest BCUT2D eigenvalue weighted by Crippen LogP contribution is 2.38. The zero-order valence-corrected chi connectivity index (χ0v) is 37.1. The Hall–Kier alpha value is -1.10. The summed E-state index contributed by atoms with van der Waals surface area (Å²) in [5.41, 5.74) is 0. The molecule has 1 N–H and O–H groups in total. The molecule has 0 aliphatic heterocycles. The highest BCUT2D eigenvalue weighted by molar-refractivity contribution is 7.45. The summed E-state index contributed by atoms with van der Waals surface area (Å²) in [5.74, 6) is -0.288. The topological polar surface area (TPSA) is 124 Å². The van der Waals surface area contributed by atoms with Gasteiger partial charge in [0.1, 0.15) is 32.0 Å². The molecule has 0 radical (unpaired) electrons. The van der Waals surface area contributed by atoms with Crippen molar-refractivity contribution in [3.05, 3.63) is 24.3 Å². The minimum Gasteiger partial charge on any atom is -0.756 e. The number of phosphoric acid groups is 1. The predicted octanol–water partition coefficient (Wildman–Crippen LogP) is 11.7. The van der Waals surface area contributed by atoms with Crippen LogP contribution < -0.4 is 4.89 Å². The number of esters is 1. The number of ether oxygens (including phenoxy) is 2. The van der Waals surface area contributed by atoms with E-state index in [0.717, 1.165) is 89.9 Å². The van der Waals surface area contributed by atoms with Gasteiger partial charge in [-0.05, 0) is 32.1 Å². The zero-order valence-electron chi connectivity index (χ0n) is 36.2. The van der Waals surface area contributed by atoms with Crippen LogP contribution in [0.1, 0.15) is 187 Å².